The van der Waals surface area contributed by atoms with Gasteiger partial charge in [-0.2, -0.15) is 0 Å². The average Bonchev–Trinajstić information content (AvgIpc) is 2.40. The molecule has 0 bridgehead atoms. The van der Waals surface area contributed by atoms with E-state index in [9.17, 15) is 14.0 Å². The molecule has 0 radical (unpaired) electrons. The number of carbonyl (C=O) groups is 2. The van der Waals surface area contributed by atoms with E-state index in [4.69, 9.17) is 5.11 Å². The number of anilines is 1. The maximum Gasteiger partial charge on any atom is 0.337 e. The number of halogens is 3. The number of nitrogens with one attached hydrogen (secondary N) is 1. The summed E-state index contributed by atoms with van der Waals surface area (Å²) < 4.78 is 15.0. The van der Waals surface area contributed by atoms with Crippen LogP contribution in [0, 0.1) is 5.82 Å². The fourth-order valence-electron chi connectivity index (χ4n) is 1.68. The van der Waals surface area contributed by atoms with Crippen LogP contribution in [0.2, 0.25) is 0 Å². The third-order valence-electron chi connectivity index (χ3n) is 2.66. The molecule has 2 aromatic carbocycles. The lowest BCUT2D eigenvalue weighted by molar-refractivity contribution is 0.0697. The van der Waals surface area contributed by atoms with Gasteiger partial charge in [0.25, 0.3) is 5.91 Å². The standard InChI is InChI=1S/C14H8Br2FNO3/c15-7-4-5-8(10(16)6-7)13(19)18-12-9(14(20)21)2-1-3-11(12)17/h1-6H,(H,18,19)(H,20,21). The molecule has 0 atom stereocenters. The average molecular weight is 417 g/mol. The highest BCUT2D eigenvalue weighted by molar-refractivity contribution is 9.11. The first-order chi connectivity index (χ1) is 9.90. The smallest absolute Gasteiger partial charge is 0.337 e. The Labute approximate surface area is 136 Å². The Morgan fingerprint density at radius 2 is 1.81 bits per heavy atom. The Bertz CT molecular complexity index is 734. The molecule has 2 N–H and O–H groups in total. The summed E-state index contributed by atoms with van der Waals surface area (Å²) in [5, 5.41) is 11.3. The molecule has 1 amide bonds. The van der Waals surface area contributed by atoms with E-state index in [2.05, 4.69) is 37.2 Å². The minimum absolute atomic E-state index is 0.262. The van der Waals surface area contributed by atoms with Gasteiger partial charge in [-0.15, -0.1) is 0 Å². The van der Waals surface area contributed by atoms with Gasteiger partial charge < -0.3 is 10.4 Å². The Hall–Kier alpha value is -1.73. The maximum absolute atomic E-state index is 13.8. The van der Waals surface area contributed by atoms with Crippen molar-refractivity contribution in [3.8, 4) is 0 Å². The fraction of sp³-hybridized carbons (Fsp3) is 0. The van der Waals surface area contributed by atoms with Crippen molar-refractivity contribution >= 4 is 49.4 Å². The van der Waals surface area contributed by atoms with Crippen LogP contribution >= 0.6 is 31.9 Å². The predicted molar refractivity (Wildman–Crippen MR) is 83.2 cm³/mol. The number of carbonyl (C=O) groups excluding carboxylic acids is 1. The lowest BCUT2D eigenvalue weighted by atomic mass is 10.1. The van der Waals surface area contributed by atoms with Crippen molar-refractivity contribution in [2.75, 3.05) is 5.32 Å². The van der Waals surface area contributed by atoms with Gasteiger partial charge in [0, 0.05) is 8.95 Å². The van der Waals surface area contributed by atoms with Crippen molar-refractivity contribution in [3.05, 3.63) is 62.3 Å². The highest BCUT2D eigenvalue weighted by atomic mass is 79.9. The number of hydrogen-bond donors (Lipinski definition) is 2. The van der Waals surface area contributed by atoms with Gasteiger partial charge in [0.05, 0.1) is 16.8 Å². The van der Waals surface area contributed by atoms with Gasteiger partial charge in [0.1, 0.15) is 5.82 Å². The molecule has 0 spiro atoms. The lowest BCUT2D eigenvalue weighted by Gasteiger charge is -2.10. The first-order valence-electron chi connectivity index (χ1n) is 5.68. The van der Waals surface area contributed by atoms with E-state index in [1.54, 1.807) is 12.1 Å². The van der Waals surface area contributed by atoms with E-state index in [1.165, 1.54) is 18.2 Å². The van der Waals surface area contributed by atoms with Crippen LogP contribution < -0.4 is 5.32 Å². The molecule has 0 saturated heterocycles. The van der Waals surface area contributed by atoms with Crippen molar-refractivity contribution in [2.45, 2.75) is 0 Å². The van der Waals surface area contributed by atoms with Gasteiger partial charge in [0.2, 0.25) is 0 Å². The van der Waals surface area contributed by atoms with Gasteiger partial charge in [0.15, 0.2) is 0 Å². The van der Waals surface area contributed by atoms with Crippen LogP contribution in [-0.4, -0.2) is 17.0 Å². The molecular formula is C14H8Br2FNO3. The normalized spacial score (nSPS) is 10.2. The molecule has 108 valence electrons. The Balaban J connectivity index is 2.38. The van der Waals surface area contributed by atoms with E-state index in [-0.39, 0.29) is 16.8 Å². The van der Waals surface area contributed by atoms with Gasteiger partial charge in [-0.05, 0) is 46.3 Å². The van der Waals surface area contributed by atoms with Crippen LogP contribution in [0.4, 0.5) is 10.1 Å². The molecule has 0 saturated carbocycles. The van der Waals surface area contributed by atoms with Crippen LogP contribution in [0.1, 0.15) is 20.7 Å². The zero-order valence-corrected chi connectivity index (χ0v) is 13.5. The quantitative estimate of drug-likeness (QED) is 0.783. The molecule has 0 heterocycles. The summed E-state index contributed by atoms with van der Waals surface area (Å²) in [4.78, 5) is 23.2. The van der Waals surface area contributed by atoms with E-state index in [1.807, 2.05) is 0 Å². The van der Waals surface area contributed by atoms with Crippen molar-refractivity contribution in [1.82, 2.24) is 0 Å². The minimum Gasteiger partial charge on any atom is -0.478 e. The topological polar surface area (TPSA) is 66.4 Å². The summed E-state index contributed by atoms with van der Waals surface area (Å²) in [7, 11) is 0. The summed E-state index contributed by atoms with van der Waals surface area (Å²) in [6, 6.07) is 8.42. The maximum atomic E-state index is 13.8. The van der Waals surface area contributed by atoms with Crippen LogP contribution in [0.5, 0.6) is 0 Å². The first-order valence-corrected chi connectivity index (χ1v) is 7.27. The SMILES string of the molecule is O=C(Nc1c(F)cccc1C(=O)O)c1ccc(Br)cc1Br. The van der Waals surface area contributed by atoms with E-state index in [0.717, 1.165) is 10.5 Å². The molecule has 0 fully saturated rings. The fourth-order valence-corrected chi connectivity index (χ4v) is 2.91. The van der Waals surface area contributed by atoms with E-state index >= 15 is 0 Å². The summed E-state index contributed by atoms with van der Waals surface area (Å²) in [5.74, 6) is -2.74. The minimum atomic E-state index is -1.32. The van der Waals surface area contributed by atoms with Crippen LogP contribution in [0.25, 0.3) is 0 Å². The number of carboxylic acids is 1. The molecule has 0 unspecified atom stereocenters. The highest BCUT2D eigenvalue weighted by Gasteiger charge is 2.18. The second-order valence-electron chi connectivity index (χ2n) is 4.05. The van der Waals surface area contributed by atoms with E-state index in [0.29, 0.717) is 4.47 Å². The van der Waals surface area contributed by atoms with Gasteiger partial charge in [-0.25, -0.2) is 9.18 Å². The van der Waals surface area contributed by atoms with Crippen molar-refractivity contribution < 1.29 is 19.1 Å². The van der Waals surface area contributed by atoms with Gasteiger partial charge in [-0.1, -0.05) is 22.0 Å². The van der Waals surface area contributed by atoms with Gasteiger partial charge >= 0.3 is 5.97 Å². The second-order valence-corrected chi connectivity index (χ2v) is 5.82. The Kier molecular flexibility index (Phi) is 4.74. The number of amides is 1. The largest absolute Gasteiger partial charge is 0.478 e. The molecule has 0 aliphatic heterocycles. The molecule has 2 aromatic rings. The molecule has 4 nitrogen and oxygen atoms in total. The molecule has 0 aliphatic carbocycles. The molecule has 2 rings (SSSR count). The van der Waals surface area contributed by atoms with Gasteiger partial charge in [-0.3, -0.25) is 4.79 Å². The lowest BCUT2D eigenvalue weighted by Crippen LogP contribution is -2.16. The first kappa shape index (κ1) is 15.7. The predicted octanol–water partition coefficient (Wildman–Crippen LogP) is 4.30. The highest BCUT2D eigenvalue weighted by Crippen LogP contribution is 2.25. The third kappa shape index (κ3) is 3.48. The summed E-state index contributed by atoms with van der Waals surface area (Å²) in [6.45, 7) is 0. The Morgan fingerprint density at radius 1 is 1.10 bits per heavy atom. The number of benzene rings is 2. The van der Waals surface area contributed by atoms with Crippen LogP contribution in [0.15, 0.2) is 45.3 Å². The van der Waals surface area contributed by atoms with Crippen LogP contribution in [-0.2, 0) is 0 Å². The van der Waals surface area contributed by atoms with Crippen molar-refractivity contribution in [2.24, 2.45) is 0 Å². The summed E-state index contributed by atoms with van der Waals surface area (Å²) in [6.07, 6.45) is 0. The summed E-state index contributed by atoms with van der Waals surface area (Å²) >= 11 is 6.48. The number of para-hydroxylation sites is 1. The second kappa shape index (κ2) is 6.36. The Morgan fingerprint density at radius 3 is 2.43 bits per heavy atom. The van der Waals surface area contributed by atoms with Crippen molar-refractivity contribution in [3.63, 3.8) is 0 Å². The zero-order valence-electron chi connectivity index (χ0n) is 10.4. The van der Waals surface area contributed by atoms with E-state index < -0.39 is 17.7 Å². The molecule has 21 heavy (non-hydrogen) atoms. The molecule has 0 aromatic heterocycles. The number of hydrogen-bond acceptors (Lipinski definition) is 2. The molecule has 7 heteroatoms. The number of aromatic carboxylic acids is 1. The number of rotatable bonds is 3. The molecule has 0 aliphatic rings. The number of carboxylic acid groups (broad SMARTS) is 1. The summed E-state index contributed by atoms with van der Waals surface area (Å²) in [5.41, 5.74) is -0.404. The third-order valence-corrected chi connectivity index (χ3v) is 3.81. The zero-order chi connectivity index (χ0) is 15.6. The molecular weight excluding hydrogens is 409 g/mol. The van der Waals surface area contributed by atoms with Crippen molar-refractivity contribution in [1.29, 1.82) is 0 Å². The monoisotopic (exact) mass is 415 g/mol. The van der Waals surface area contributed by atoms with Crippen LogP contribution in [0.3, 0.4) is 0 Å².